The molecular formula is C17H22N4S. The second-order valence-electron chi connectivity index (χ2n) is 6.76. The molecule has 3 rings (SSSR count). The number of aromatic nitrogens is 2. The number of nitrogens with one attached hydrogen (secondary N) is 1. The minimum absolute atomic E-state index is 0.0733. The van der Waals surface area contributed by atoms with Crippen LogP contribution in [0.2, 0.25) is 0 Å². The van der Waals surface area contributed by atoms with Gasteiger partial charge >= 0.3 is 0 Å². The van der Waals surface area contributed by atoms with E-state index < -0.39 is 0 Å². The molecular weight excluding hydrogens is 292 g/mol. The van der Waals surface area contributed by atoms with Crippen LogP contribution in [0.1, 0.15) is 44.1 Å². The third-order valence-corrected chi connectivity index (χ3v) is 4.58. The van der Waals surface area contributed by atoms with Gasteiger partial charge in [0.15, 0.2) is 5.11 Å². The summed E-state index contributed by atoms with van der Waals surface area (Å²) in [5.41, 5.74) is 2.34. The molecule has 1 fully saturated rings. The topological polar surface area (TPSA) is 33.1 Å². The number of nitrogens with zero attached hydrogens (tertiary/aromatic N) is 3. The summed E-state index contributed by atoms with van der Waals surface area (Å²) in [6.45, 7) is 6.61. The maximum atomic E-state index is 5.46. The summed E-state index contributed by atoms with van der Waals surface area (Å²) >= 11 is 5.46. The lowest BCUT2D eigenvalue weighted by atomic mass is 9.99. The molecule has 116 valence electrons. The third kappa shape index (κ3) is 2.61. The van der Waals surface area contributed by atoms with Gasteiger partial charge in [0, 0.05) is 31.2 Å². The van der Waals surface area contributed by atoms with E-state index in [0.29, 0.717) is 0 Å². The lowest BCUT2D eigenvalue weighted by Gasteiger charge is -2.24. The first kappa shape index (κ1) is 15.0. The fourth-order valence-electron chi connectivity index (χ4n) is 2.88. The monoisotopic (exact) mass is 314 g/mol. The van der Waals surface area contributed by atoms with Crippen molar-refractivity contribution in [1.82, 2.24) is 19.8 Å². The molecule has 2 aromatic rings. The Morgan fingerprint density at radius 1 is 1.23 bits per heavy atom. The lowest BCUT2D eigenvalue weighted by Crippen LogP contribution is -2.25. The smallest absolute Gasteiger partial charge is 0.169 e. The fraction of sp³-hybridized carbons (Fsp3) is 0.412. The van der Waals surface area contributed by atoms with E-state index in [9.17, 15) is 0 Å². The second-order valence-corrected chi connectivity index (χ2v) is 7.15. The van der Waals surface area contributed by atoms with E-state index >= 15 is 0 Å². The molecule has 1 aliphatic heterocycles. The molecule has 5 heteroatoms. The first-order chi connectivity index (χ1) is 10.4. The molecule has 0 aromatic carbocycles. The van der Waals surface area contributed by atoms with Crippen molar-refractivity contribution >= 4 is 17.3 Å². The predicted octanol–water partition coefficient (Wildman–Crippen LogP) is 3.24. The molecule has 3 heterocycles. The van der Waals surface area contributed by atoms with Crippen LogP contribution in [0.5, 0.6) is 0 Å². The molecule has 0 saturated carbocycles. The van der Waals surface area contributed by atoms with Crippen LogP contribution in [0.15, 0.2) is 42.9 Å². The van der Waals surface area contributed by atoms with Crippen LogP contribution in [0.3, 0.4) is 0 Å². The molecule has 0 aliphatic carbocycles. The number of rotatable bonds is 2. The highest BCUT2D eigenvalue weighted by Crippen LogP contribution is 2.37. The van der Waals surface area contributed by atoms with Crippen molar-refractivity contribution in [3.05, 3.63) is 54.1 Å². The Hall–Kier alpha value is -1.88. The first-order valence-corrected chi connectivity index (χ1v) is 7.91. The van der Waals surface area contributed by atoms with Gasteiger partial charge in [0.05, 0.1) is 17.8 Å². The van der Waals surface area contributed by atoms with Crippen molar-refractivity contribution in [2.24, 2.45) is 0 Å². The van der Waals surface area contributed by atoms with Crippen LogP contribution in [0.25, 0.3) is 0 Å². The third-order valence-electron chi connectivity index (χ3n) is 4.17. The van der Waals surface area contributed by atoms with Crippen molar-refractivity contribution in [3.8, 4) is 0 Å². The molecule has 0 radical (unpaired) electrons. The van der Waals surface area contributed by atoms with Gasteiger partial charge < -0.3 is 14.8 Å². The number of hydrogen-bond acceptors (Lipinski definition) is 2. The highest BCUT2D eigenvalue weighted by Gasteiger charge is 2.38. The van der Waals surface area contributed by atoms with Gasteiger partial charge in [-0.1, -0.05) is 6.07 Å². The van der Waals surface area contributed by atoms with Crippen molar-refractivity contribution in [2.45, 2.75) is 38.4 Å². The molecule has 1 saturated heterocycles. The van der Waals surface area contributed by atoms with Gasteiger partial charge in [0.1, 0.15) is 0 Å². The number of thiocarbonyl (C=S) groups is 1. The highest BCUT2D eigenvalue weighted by molar-refractivity contribution is 7.80. The summed E-state index contributed by atoms with van der Waals surface area (Å²) in [6.07, 6.45) is 6.18. The van der Waals surface area contributed by atoms with E-state index in [-0.39, 0.29) is 17.6 Å². The average Bonchev–Trinajstić information content (AvgIpc) is 3.06. The summed E-state index contributed by atoms with van der Waals surface area (Å²) in [5.74, 6) is 0. The van der Waals surface area contributed by atoms with Crippen molar-refractivity contribution in [1.29, 1.82) is 0 Å². The van der Waals surface area contributed by atoms with Gasteiger partial charge in [0.2, 0.25) is 0 Å². The summed E-state index contributed by atoms with van der Waals surface area (Å²) in [5, 5.41) is 4.17. The largest absolute Gasteiger partial charge is 0.352 e. The van der Waals surface area contributed by atoms with Gasteiger partial charge in [-0.25, -0.2) is 0 Å². The molecule has 2 atom stereocenters. The Kier molecular flexibility index (Phi) is 3.68. The zero-order valence-electron chi connectivity index (χ0n) is 13.4. The van der Waals surface area contributed by atoms with E-state index in [4.69, 9.17) is 12.2 Å². The molecule has 0 amide bonds. The zero-order valence-corrected chi connectivity index (χ0v) is 14.3. The van der Waals surface area contributed by atoms with E-state index in [1.165, 1.54) is 5.56 Å². The lowest BCUT2D eigenvalue weighted by molar-refractivity contribution is 0.362. The van der Waals surface area contributed by atoms with Gasteiger partial charge in [0.25, 0.3) is 0 Å². The first-order valence-electron chi connectivity index (χ1n) is 7.50. The minimum atomic E-state index is 0.0733. The highest BCUT2D eigenvalue weighted by atomic mass is 32.1. The standard InChI is InChI=1S/C17H22N4S/c1-17(2,3)21-10-8-12(11-21)15-14(19-16(22)20(15)4)13-7-5-6-9-18-13/h5-11,14-15H,1-4H3,(H,19,22)/t14-,15-/m0/s1. The predicted molar refractivity (Wildman–Crippen MR) is 92.6 cm³/mol. The van der Waals surface area contributed by atoms with Crippen LogP contribution in [-0.2, 0) is 5.54 Å². The summed E-state index contributed by atoms with van der Waals surface area (Å²) in [6, 6.07) is 8.42. The molecule has 2 aromatic heterocycles. The SMILES string of the molecule is CN1C(=S)N[C@@H](c2ccccn2)[C@@H]1c1ccn(C(C)(C)C)c1. The van der Waals surface area contributed by atoms with Crippen LogP contribution in [0.4, 0.5) is 0 Å². The van der Waals surface area contributed by atoms with Crippen LogP contribution in [-0.4, -0.2) is 26.6 Å². The van der Waals surface area contributed by atoms with E-state index in [1.807, 2.05) is 31.4 Å². The van der Waals surface area contributed by atoms with Gasteiger partial charge in [-0.2, -0.15) is 0 Å². The van der Waals surface area contributed by atoms with E-state index in [0.717, 1.165) is 10.8 Å². The van der Waals surface area contributed by atoms with Gasteiger partial charge in [-0.3, -0.25) is 4.98 Å². The van der Waals surface area contributed by atoms with Crippen molar-refractivity contribution in [2.75, 3.05) is 7.05 Å². The number of hydrogen-bond donors (Lipinski definition) is 1. The van der Waals surface area contributed by atoms with Gasteiger partial charge in [-0.15, -0.1) is 0 Å². The minimum Gasteiger partial charge on any atom is -0.352 e. The van der Waals surface area contributed by atoms with Crippen molar-refractivity contribution in [3.63, 3.8) is 0 Å². The fourth-order valence-corrected chi connectivity index (χ4v) is 3.12. The molecule has 4 nitrogen and oxygen atoms in total. The number of pyridine rings is 1. The Labute approximate surface area is 137 Å². The average molecular weight is 314 g/mol. The van der Waals surface area contributed by atoms with Crippen molar-refractivity contribution < 1.29 is 0 Å². The van der Waals surface area contributed by atoms with Gasteiger partial charge in [-0.05, 0) is 56.8 Å². The van der Waals surface area contributed by atoms with E-state index in [1.54, 1.807) is 0 Å². The number of likely N-dealkylation sites (N-methyl/N-ethyl adjacent to an activating group) is 1. The maximum absolute atomic E-state index is 5.46. The zero-order chi connectivity index (χ0) is 15.9. The maximum Gasteiger partial charge on any atom is 0.169 e. The normalized spacial score (nSPS) is 22.0. The van der Waals surface area contributed by atoms with Crippen LogP contribution >= 0.6 is 12.2 Å². The van der Waals surface area contributed by atoms with E-state index in [2.05, 4.69) is 59.0 Å². The Morgan fingerprint density at radius 3 is 2.59 bits per heavy atom. The molecule has 22 heavy (non-hydrogen) atoms. The molecule has 1 aliphatic rings. The van der Waals surface area contributed by atoms with Crippen LogP contribution in [0, 0.1) is 0 Å². The Morgan fingerprint density at radius 2 is 2.00 bits per heavy atom. The quantitative estimate of drug-likeness (QED) is 0.863. The molecule has 0 unspecified atom stereocenters. The second kappa shape index (κ2) is 5.39. The Balaban J connectivity index is 1.99. The summed E-state index contributed by atoms with van der Waals surface area (Å²) in [4.78, 5) is 6.63. The molecule has 0 bridgehead atoms. The van der Waals surface area contributed by atoms with Crippen LogP contribution < -0.4 is 5.32 Å². The summed E-state index contributed by atoms with van der Waals surface area (Å²) < 4.78 is 2.24. The Bertz CT molecular complexity index is 671. The molecule has 1 N–H and O–H groups in total. The summed E-state index contributed by atoms with van der Waals surface area (Å²) in [7, 11) is 2.04. The molecule has 0 spiro atoms.